The van der Waals surface area contributed by atoms with Gasteiger partial charge in [-0.05, 0) is 31.9 Å². The first-order valence-electron chi connectivity index (χ1n) is 9.98. The first-order valence-corrected chi connectivity index (χ1v) is 10.4. The first-order chi connectivity index (χ1) is 14.5. The average Bonchev–Trinajstić information content (AvgIpc) is 3.04. The molecular weight excluding hydrogens is 433 g/mol. The summed E-state index contributed by atoms with van der Waals surface area (Å²) in [5.41, 5.74) is 1.61. The largest absolute Gasteiger partial charge is 0.417 e. The van der Waals surface area contributed by atoms with Crippen molar-refractivity contribution in [3.05, 3.63) is 45.4 Å². The fourth-order valence-electron chi connectivity index (χ4n) is 3.96. The van der Waals surface area contributed by atoms with Crippen molar-refractivity contribution < 1.29 is 22.8 Å². The third kappa shape index (κ3) is 4.93. The zero-order valence-corrected chi connectivity index (χ0v) is 18.3. The molecule has 0 atom stereocenters. The van der Waals surface area contributed by atoms with Crippen LogP contribution in [0.2, 0.25) is 5.02 Å². The summed E-state index contributed by atoms with van der Waals surface area (Å²) < 4.78 is 38.4. The van der Waals surface area contributed by atoms with Crippen molar-refractivity contribution >= 4 is 29.0 Å². The Bertz CT molecular complexity index is 995. The number of nitrogens with one attached hydrogen (secondary N) is 1. The van der Waals surface area contributed by atoms with Crippen LogP contribution in [0.1, 0.15) is 51.5 Å². The normalized spacial score (nSPS) is 15.4. The number of carbonyl (C=O) groups excluding carboxylic acids is 2. The number of halogens is 4. The zero-order valence-electron chi connectivity index (χ0n) is 17.6. The average molecular weight is 457 g/mol. The van der Waals surface area contributed by atoms with Crippen LogP contribution in [-0.2, 0) is 12.6 Å². The zero-order chi connectivity index (χ0) is 22.9. The van der Waals surface area contributed by atoms with Gasteiger partial charge in [0.1, 0.15) is 5.82 Å². The Hall–Kier alpha value is -2.39. The summed E-state index contributed by atoms with van der Waals surface area (Å²) in [6, 6.07) is 0.881. The number of aromatic nitrogens is 2. The van der Waals surface area contributed by atoms with Gasteiger partial charge < -0.3 is 9.88 Å². The van der Waals surface area contributed by atoms with Gasteiger partial charge in [-0.15, -0.1) is 0 Å². The van der Waals surface area contributed by atoms with Gasteiger partial charge in [-0.3, -0.25) is 14.5 Å². The maximum atomic E-state index is 12.9. The minimum atomic E-state index is -4.50. The van der Waals surface area contributed by atoms with Gasteiger partial charge in [0.2, 0.25) is 0 Å². The summed E-state index contributed by atoms with van der Waals surface area (Å²) in [6.07, 6.45) is -3.14. The minimum absolute atomic E-state index is 0.0504. The fourth-order valence-corrected chi connectivity index (χ4v) is 4.25. The van der Waals surface area contributed by atoms with Crippen LogP contribution in [0.3, 0.4) is 0 Å². The molecule has 2 aromatic heterocycles. The molecule has 3 heterocycles. The lowest BCUT2D eigenvalue weighted by atomic mass is 10.0. The van der Waals surface area contributed by atoms with Gasteiger partial charge in [0.05, 0.1) is 22.8 Å². The van der Waals surface area contributed by atoms with Crippen LogP contribution in [0.15, 0.2) is 12.3 Å². The number of H-pyrrole nitrogens is 1. The van der Waals surface area contributed by atoms with Crippen LogP contribution in [0.25, 0.3) is 0 Å². The smallest absolute Gasteiger partial charge is 0.355 e. The van der Waals surface area contributed by atoms with Gasteiger partial charge in [0.25, 0.3) is 0 Å². The van der Waals surface area contributed by atoms with E-state index in [1.807, 2.05) is 16.7 Å². The molecule has 0 spiro atoms. The third-order valence-electron chi connectivity index (χ3n) is 5.46. The first kappa shape index (κ1) is 23.3. The molecule has 6 nitrogen and oxygen atoms in total. The molecule has 1 saturated heterocycles. The Kier molecular flexibility index (Phi) is 6.76. The van der Waals surface area contributed by atoms with Gasteiger partial charge in [-0.2, -0.15) is 13.2 Å². The minimum Gasteiger partial charge on any atom is -0.355 e. The number of rotatable bonds is 6. The van der Waals surface area contributed by atoms with Crippen LogP contribution in [-0.4, -0.2) is 59.2 Å². The predicted molar refractivity (Wildman–Crippen MR) is 112 cm³/mol. The Balaban J connectivity index is 1.65. The van der Waals surface area contributed by atoms with Crippen LogP contribution in [0.5, 0.6) is 0 Å². The molecule has 0 amide bonds. The number of hydrogen-bond acceptors (Lipinski definition) is 5. The molecule has 10 heteroatoms. The van der Waals surface area contributed by atoms with Crippen LogP contribution < -0.4 is 4.90 Å². The number of pyridine rings is 1. The monoisotopic (exact) mass is 456 g/mol. The van der Waals surface area contributed by atoms with Gasteiger partial charge in [-0.25, -0.2) is 4.98 Å². The van der Waals surface area contributed by atoms with Crippen molar-refractivity contribution in [3.8, 4) is 0 Å². The summed E-state index contributed by atoms with van der Waals surface area (Å²) >= 11 is 6.04. The molecule has 3 rings (SSSR count). The fraction of sp³-hybridized carbons (Fsp3) is 0.476. The number of hydrogen-bond donors (Lipinski definition) is 1. The predicted octanol–water partition coefficient (Wildman–Crippen LogP) is 4.16. The molecular formula is C21H24ClF3N4O2. The van der Waals surface area contributed by atoms with Gasteiger partial charge in [0.15, 0.2) is 11.6 Å². The molecule has 2 aromatic rings. The molecule has 0 bridgehead atoms. The van der Waals surface area contributed by atoms with Crippen molar-refractivity contribution in [2.45, 2.75) is 33.4 Å². The van der Waals surface area contributed by atoms with Crippen molar-refractivity contribution in [2.75, 3.05) is 37.6 Å². The van der Waals surface area contributed by atoms with E-state index in [9.17, 15) is 22.8 Å². The lowest BCUT2D eigenvalue weighted by Crippen LogP contribution is -2.48. The highest BCUT2D eigenvalue weighted by Crippen LogP contribution is 2.33. The number of aromatic amines is 1. The Morgan fingerprint density at radius 3 is 2.39 bits per heavy atom. The molecule has 1 N–H and O–H groups in total. The molecule has 0 saturated carbocycles. The molecule has 1 aliphatic rings. The van der Waals surface area contributed by atoms with Gasteiger partial charge in [0, 0.05) is 43.6 Å². The number of ketones is 2. The molecule has 0 unspecified atom stereocenters. The van der Waals surface area contributed by atoms with Crippen molar-refractivity contribution in [1.29, 1.82) is 0 Å². The van der Waals surface area contributed by atoms with Gasteiger partial charge in [-0.1, -0.05) is 18.5 Å². The van der Waals surface area contributed by atoms with Crippen LogP contribution in [0.4, 0.5) is 19.0 Å². The quantitative estimate of drug-likeness (QED) is 0.661. The Morgan fingerprint density at radius 2 is 1.87 bits per heavy atom. The van der Waals surface area contributed by atoms with E-state index < -0.39 is 11.7 Å². The van der Waals surface area contributed by atoms with E-state index >= 15 is 0 Å². The summed E-state index contributed by atoms with van der Waals surface area (Å²) in [7, 11) is 0. The SMILES string of the molecule is CCc1c(C(=O)CN2CCN(c3ncc(C(F)(F)F)cc3Cl)CC2)[nH]c(C)c1C(C)=O. The highest BCUT2D eigenvalue weighted by atomic mass is 35.5. The maximum absolute atomic E-state index is 12.9. The second kappa shape index (κ2) is 9.00. The molecule has 31 heavy (non-hydrogen) atoms. The number of piperazine rings is 1. The maximum Gasteiger partial charge on any atom is 0.417 e. The van der Waals surface area contributed by atoms with E-state index in [1.165, 1.54) is 6.92 Å². The molecule has 1 fully saturated rings. The highest BCUT2D eigenvalue weighted by Gasteiger charge is 2.32. The van der Waals surface area contributed by atoms with Crippen molar-refractivity contribution in [1.82, 2.24) is 14.9 Å². The summed E-state index contributed by atoms with van der Waals surface area (Å²) in [4.78, 5) is 35.6. The Morgan fingerprint density at radius 1 is 1.23 bits per heavy atom. The lowest BCUT2D eigenvalue weighted by molar-refractivity contribution is -0.137. The molecule has 1 aliphatic heterocycles. The standard InChI is InChI=1S/C21H24ClF3N4O2/c1-4-15-18(13(3)30)12(2)27-19(15)17(31)11-28-5-7-29(8-6-28)20-16(22)9-14(10-26-20)21(23,24)25/h9-10,27H,4-8,11H2,1-3H3. The topological polar surface area (TPSA) is 69.3 Å². The summed E-state index contributed by atoms with van der Waals surface area (Å²) in [6.45, 7) is 7.40. The van der Waals surface area contributed by atoms with Crippen molar-refractivity contribution in [3.63, 3.8) is 0 Å². The van der Waals surface area contributed by atoms with E-state index in [0.717, 1.165) is 17.8 Å². The lowest BCUT2D eigenvalue weighted by Gasteiger charge is -2.35. The van der Waals surface area contributed by atoms with Gasteiger partial charge >= 0.3 is 6.18 Å². The van der Waals surface area contributed by atoms with Crippen LogP contribution in [0, 0.1) is 6.92 Å². The van der Waals surface area contributed by atoms with E-state index in [0.29, 0.717) is 55.4 Å². The highest BCUT2D eigenvalue weighted by molar-refractivity contribution is 6.33. The molecule has 0 aliphatic carbocycles. The molecule has 0 radical (unpaired) electrons. The Labute approximate surface area is 183 Å². The molecule has 168 valence electrons. The van der Waals surface area contributed by atoms with E-state index in [2.05, 4.69) is 9.97 Å². The summed E-state index contributed by atoms with van der Waals surface area (Å²) in [5.74, 6) is 0.144. The van der Waals surface area contributed by atoms with Crippen LogP contribution >= 0.6 is 11.6 Å². The second-order valence-electron chi connectivity index (χ2n) is 7.60. The van der Waals surface area contributed by atoms with E-state index in [4.69, 9.17) is 11.6 Å². The number of nitrogens with zero attached hydrogens (tertiary/aromatic N) is 3. The van der Waals surface area contributed by atoms with Crippen molar-refractivity contribution in [2.24, 2.45) is 0 Å². The number of anilines is 1. The van der Waals surface area contributed by atoms with E-state index in [-0.39, 0.29) is 23.1 Å². The van der Waals surface area contributed by atoms with E-state index in [1.54, 1.807) is 6.92 Å². The number of carbonyl (C=O) groups is 2. The summed E-state index contributed by atoms with van der Waals surface area (Å²) in [5, 5.41) is -0.0504. The molecule has 0 aromatic carbocycles. The third-order valence-corrected chi connectivity index (χ3v) is 5.74. The second-order valence-corrected chi connectivity index (χ2v) is 8.01. The number of Topliss-reactive ketones (excluding diaryl/α,β-unsaturated/α-hetero) is 2. The number of aryl methyl sites for hydroxylation is 1. The number of alkyl halides is 3.